The lowest BCUT2D eigenvalue weighted by molar-refractivity contribution is -0.141. The number of allylic oxidation sites excluding steroid dienone is 1. The molecule has 0 atom stereocenters. The zero-order chi connectivity index (χ0) is 13.1. The molecule has 0 heterocycles. The summed E-state index contributed by atoms with van der Waals surface area (Å²) in [5, 5.41) is 9.23. The van der Waals surface area contributed by atoms with E-state index in [4.69, 9.17) is 0 Å². The first kappa shape index (κ1) is 15.7. The summed E-state index contributed by atoms with van der Waals surface area (Å²) in [5.74, 6) is -1.68. The molecular formula is C13H22O4. The number of ether oxygens (including phenoxy) is 1. The van der Waals surface area contributed by atoms with Gasteiger partial charge in [0, 0.05) is 12.5 Å². The van der Waals surface area contributed by atoms with Gasteiger partial charge in [-0.25, -0.2) is 4.79 Å². The minimum Gasteiger partial charge on any atom is -0.502 e. The Bertz CT molecular complexity index is 269. The summed E-state index contributed by atoms with van der Waals surface area (Å²) in [5.41, 5.74) is 0. The molecule has 0 aliphatic carbocycles. The topological polar surface area (TPSA) is 63.6 Å². The summed E-state index contributed by atoms with van der Waals surface area (Å²) >= 11 is 0. The number of aliphatic hydroxyl groups excluding tert-OH is 1. The Hall–Kier alpha value is -1.32. The van der Waals surface area contributed by atoms with Gasteiger partial charge in [-0.1, -0.05) is 32.6 Å². The quantitative estimate of drug-likeness (QED) is 0.292. The Morgan fingerprint density at radius 3 is 2.35 bits per heavy atom. The zero-order valence-corrected chi connectivity index (χ0v) is 10.7. The van der Waals surface area contributed by atoms with Crippen LogP contribution in [0.3, 0.4) is 0 Å². The van der Waals surface area contributed by atoms with E-state index in [-0.39, 0.29) is 12.4 Å². The molecule has 0 spiro atoms. The van der Waals surface area contributed by atoms with Crippen molar-refractivity contribution in [3.63, 3.8) is 0 Å². The molecule has 4 nitrogen and oxygen atoms in total. The van der Waals surface area contributed by atoms with Crippen molar-refractivity contribution in [1.29, 1.82) is 0 Å². The van der Waals surface area contributed by atoms with Crippen molar-refractivity contribution in [2.45, 2.75) is 52.4 Å². The van der Waals surface area contributed by atoms with E-state index in [2.05, 4.69) is 11.7 Å². The molecule has 0 aliphatic heterocycles. The maximum Gasteiger partial charge on any atom is 0.373 e. The van der Waals surface area contributed by atoms with Crippen LogP contribution in [0.4, 0.5) is 0 Å². The first-order valence-corrected chi connectivity index (χ1v) is 6.22. The number of carbonyl (C=O) groups excluding carboxylic acids is 2. The number of rotatable bonds is 9. The van der Waals surface area contributed by atoms with E-state index >= 15 is 0 Å². The second kappa shape index (κ2) is 9.87. The van der Waals surface area contributed by atoms with Crippen LogP contribution < -0.4 is 0 Å². The third kappa shape index (κ3) is 8.48. The Morgan fingerprint density at radius 1 is 1.12 bits per heavy atom. The molecule has 0 aromatic carbocycles. The molecule has 1 N–H and O–H groups in total. The van der Waals surface area contributed by atoms with Gasteiger partial charge < -0.3 is 9.84 Å². The van der Waals surface area contributed by atoms with Gasteiger partial charge in [-0.15, -0.1) is 0 Å². The highest BCUT2D eigenvalue weighted by Gasteiger charge is 2.10. The van der Waals surface area contributed by atoms with E-state index in [9.17, 15) is 14.7 Å². The highest BCUT2D eigenvalue weighted by Crippen LogP contribution is 2.06. The van der Waals surface area contributed by atoms with Crippen LogP contribution in [0.15, 0.2) is 11.8 Å². The fraction of sp³-hybridized carbons (Fsp3) is 0.692. The van der Waals surface area contributed by atoms with E-state index in [1.807, 2.05) is 0 Å². The standard InChI is InChI=1S/C13H22O4/c1-3-5-6-7-8-9-11(14)10-12(15)13(16)17-4-2/h10,15H,3-9H2,1-2H3/b12-10+. The number of unbranched alkanes of at least 4 members (excludes halogenated alkanes) is 4. The number of hydrogen-bond donors (Lipinski definition) is 1. The highest BCUT2D eigenvalue weighted by molar-refractivity contribution is 5.97. The molecule has 0 saturated carbocycles. The Kier molecular flexibility index (Phi) is 9.11. The summed E-state index contributed by atoms with van der Waals surface area (Å²) in [7, 11) is 0. The maximum absolute atomic E-state index is 11.4. The molecule has 0 saturated heterocycles. The minimum atomic E-state index is -0.841. The number of hydrogen-bond acceptors (Lipinski definition) is 4. The third-order valence-corrected chi connectivity index (χ3v) is 2.31. The van der Waals surface area contributed by atoms with Crippen molar-refractivity contribution in [3.05, 3.63) is 11.8 Å². The van der Waals surface area contributed by atoms with Crippen LogP contribution in [0.1, 0.15) is 52.4 Å². The second-order valence-corrected chi connectivity index (χ2v) is 3.88. The lowest BCUT2D eigenvalue weighted by Crippen LogP contribution is -2.09. The van der Waals surface area contributed by atoms with E-state index in [1.165, 1.54) is 6.42 Å². The van der Waals surface area contributed by atoms with Crippen molar-refractivity contribution < 1.29 is 19.4 Å². The lowest BCUT2D eigenvalue weighted by Gasteiger charge is -2.00. The molecule has 0 aromatic heterocycles. The van der Waals surface area contributed by atoms with Gasteiger partial charge >= 0.3 is 5.97 Å². The monoisotopic (exact) mass is 242 g/mol. The van der Waals surface area contributed by atoms with Crippen molar-refractivity contribution in [3.8, 4) is 0 Å². The van der Waals surface area contributed by atoms with E-state index < -0.39 is 11.7 Å². The largest absolute Gasteiger partial charge is 0.502 e. The molecule has 98 valence electrons. The van der Waals surface area contributed by atoms with Crippen molar-refractivity contribution >= 4 is 11.8 Å². The molecule has 17 heavy (non-hydrogen) atoms. The van der Waals surface area contributed by atoms with Gasteiger partial charge in [0.2, 0.25) is 5.76 Å². The van der Waals surface area contributed by atoms with E-state index in [1.54, 1.807) is 6.92 Å². The van der Waals surface area contributed by atoms with Crippen LogP contribution in [-0.2, 0) is 14.3 Å². The summed E-state index contributed by atoms with van der Waals surface area (Å²) in [6.07, 6.45) is 6.59. The van der Waals surface area contributed by atoms with Crippen LogP contribution in [-0.4, -0.2) is 23.5 Å². The maximum atomic E-state index is 11.4. The fourth-order valence-corrected chi connectivity index (χ4v) is 1.39. The van der Waals surface area contributed by atoms with Crippen LogP contribution in [0.25, 0.3) is 0 Å². The molecule has 0 bridgehead atoms. The van der Waals surface area contributed by atoms with E-state index in [0.717, 1.165) is 31.8 Å². The summed E-state index contributed by atoms with van der Waals surface area (Å²) in [4.78, 5) is 22.4. The number of esters is 1. The van der Waals surface area contributed by atoms with Gasteiger partial charge in [0.05, 0.1) is 6.61 Å². The van der Waals surface area contributed by atoms with Crippen LogP contribution in [0.2, 0.25) is 0 Å². The van der Waals surface area contributed by atoms with Crippen LogP contribution in [0.5, 0.6) is 0 Å². The van der Waals surface area contributed by atoms with Crippen LogP contribution >= 0.6 is 0 Å². The molecule has 0 unspecified atom stereocenters. The number of carbonyl (C=O) groups is 2. The van der Waals surface area contributed by atoms with Gasteiger partial charge in [0.1, 0.15) is 0 Å². The summed E-state index contributed by atoms with van der Waals surface area (Å²) in [6, 6.07) is 0. The molecule has 0 amide bonds. The van der Waals surface area contributed by atoms with Crippen molar-refractivity contribution in [2.75, 3.05) is 6.61 Å². The minimum absolute atomic E-state index is 0.182. The molecule has 0 aliphatic rings. The average molecular weight is 242 g/mol. The Morgan fingerprint density at radius 2 is 1.76 bits per heavy atom. The highest BCUT2D eigenvalue weighted by atomic mass is 16.5. The molecule has 4 heteroatoms. The number of aliphatic hydroxyl groups is 1. The zero-order valence-electron chi connectivity index (χ0n) is 10.7. The third-order valence-electron chi connectivity index (χ3n) is 2.31. The predicted octanol–water partition coefficient (Wildman–Crippen LogP) is 2.92. The van der Waals surface area contributed by atoms with Crippen LogP contribution in [0, 0.1) is 0 Å². The lowest BCUT2D eigenvalue weighted by atomic mass is 10.1. The van der Waals surface area contributed by atoms with Gasteiger partial charge in [0.25, 0.3) is 0 Å². The molecule has 0 aromatic rings. The fourth-order valence-electron chi connectivity index (χ4n) is 1.39. The second-order valence-electron chi connectivity index (χ2n) is 3.88. The van der Waals surface area contributed by atoms with Gasteiger partial charge in [-0.3, -0.25) is 4.79 Å². The normalized spacial score (nSPS) is 11.3. The molecule has 0 radical (unpaired) electrons. The smallest absolute Gasteiger partial charge is 0.373 e. The first-order chi connectivity index (χ1) is 8.11. The Labute approximate surface area is 103 Å². The SMILES string of the molecule is CCCCCCCC(=O)/C=C(/O)C(=O)OCC. The van der Waals surface area contributed by atoms with E-state index in [0.29, 0.717) is 6.42 Å². The summed E-state index contributed by atoms with van der Waals surface area (Å²) < 4.78 is 4.55. The predicted molar refractivity (Wildman–Crippen MR) is 65.7 cm³/mol. The molecule has 0 rings (SSSR count). The molecular weight excluding hydrogens is 220 g/mol. The van der Waals surface area contributed by atoms with Gasteiger partial charge in [-0.05, 0) is 13.3 Å². The van der Waals surface area contributed by atoms with Crippen molar-refractivity contribution in [1.82, 2.24) is 0 Å². The Balaban J connectivity index is 3.83. The number of ketones is 1. The van der Waals surface area contributed by atoms with Gasteiger partial charge in [-0.2, -0.15) is 0 Å². The summed E-state index contributed by atoms with van der Waals surface area (Å²) in [6.45, 7) is 3.95. The molecule has 0 fully saturated rings. The van der Waals surface area contributed by atoms with Crippen molar-refractivity contribution in [2.24, 2.45) is 0 Å². The van der Waals surface area contributed by atoms with Gasteiger partial charge in [0.15, 0.2) is 5.78 Å². The first-order valence-electron chi connectivity index (χ1n) is 6.22. The average Bonchev–Trinajstić information content (AvgIpc) is 2.29.